The van der Waals surface area contributed by atoms with Crippen molar-refractivity contribution in [1.29, 1.82) is 0 Å². The Balaban J connectivity index is 1.87. The van der Waals surface area contributed by atoms with E-state index in [2.05, 4.69) is 44.7 Å². The van der Waals surface area contributed by atoms with Crippen molar-refractivity contribution in [3.63, 3.8) is 0 Å². The van der Waals surface area contributed by atoms with Crippen LogP contribution < -0.4 is 0 Å². The molecule has 0 aromatic rings. The topological polar surface area (TPSA) is 3.24 Å². The van der Waals surface area contributed by atoms with Gasteiger partial charge in [-0.3, -0.25) is 0 Å². The van der Waals surface area contributed by atoms with Crippen molar-refractivity contribution in [1.82, 2.24) is 4.90 Å². The summed E-state index contributed by atoms with van der Waals surface area (Å²) in [6.45, 7) is 11.9. The Morgan fingerprint density at radius 1 is 1.00 bits per heavy atom. The van der Waals surface area contributed by atoms with Crippen molar-refractivity contribution in [3.05, 3.63) is 23.3 Å². The quantitative estimate of drug-likeness (QED) is 0.611. The number of hydrogen-bond acceptors (Lipinski definition) is 1. The molecule has 1 aliphatic heterocycles. The molecule has 2 aliphatic rings. The lowest BCUT2D eigenvalue weighted by molar-refractivity contribution is 0.231. The van der Waals surface area contributed by atoms with Crippen molar-refractivity contribution in [3.8, 4) is 0 Å². The third-order valence-corrected chi connectivity index (χ3v) is 5.20. The predicted octanol–water partition coefficient (Wildman–Crippen LogP) is 5.58. The molecule has 2 rings (SSSR count). The molecule has 1 heterocycles. The van der Waals surface area contributed by atoms with Crippen LogP contribution >= 0.6 is 0 Å². The minimum atomic E-state index is 0.700. The highest BCUT2D eigenvalue weighted by molar-refractivity contribution is 5.14. The van der Waals surface area contributed by atoms with Gasteiger partial charge in [-0.2, -0.15) is 0 Å². The van der Waals surface area contributed by atoms with E-state index in [4.69, 9.17) is 0 Å². The zero-order valence-electron chi connectivity index (χ0n) is 14.7. The highest BCUT2D eigenvalue weighted by atomic mass is 15.1. The molecule has 1 aliphatic carbocycles. The second-order valence-corrected chi connectivity index (χ2v) is 7.72. The second-order valence-electron chi connectivity index (χ2n) is 7.72. The number of rotatable bonds is 4. The van der Waals surface area contributed by atoms with Gasteiger partial charge in [0.05, 0.1) is 0 Å². The molecule has 0 aromatic heterocycles. The molecule has 0 saturated heterocycles. The van der Waals surface area contributed by atoms with Gasteiger partial charge >= 0.3 is 0 Å². The average molecular weight is 290 g/mol. The molecular formula is C20H35N. The lowest BCUT2D eigenvalue weighted by Crippen LogP contribution is -2.31. The van der Waals surface area contributed by atoms with Crippen LogP contribution in [0, 0.1) is 11.8 Å². The SMILES string of the molecule is CC(C)CC1=CCCC(C2=CCCN(C(C)C)CC2)CC1. The first-order valence-corrected chi connectivity index (χ1v) is 9.17. The molecule has 21 heavy (non-hydrogen) atoms. The van der Waals surface area contributed by atoms with Gasteiger partial charge in [0.2, 0.25) is 0 Å². The van der Waals surface area contributed by atoms with Gasteiger partial charge in [-0.1, -0.05) is 37.1 Å². The van der Waals surface area contributed by atoms with Crippen molar-refractivity contribution < 1.29 is 0 Å². The van der Waals surface area contributed by atoms with Gasteiger partial charge in [0.25, 0.3) is 0 Å². The van der Waals surface area contributed by atoms with Crippen LogP contribution in [0.1, 0.15) is 72.6 Å². The van der Waals surface area contributed by atoms with E-state index in [0.717, 1.165) is 11.8 Å². The molecule has 0 N–H and O–H groups in total. The van der Waals surface area contributed by atoms with E-state index in [0.29, 0.717) is 6.04 Å². The van der Waals surface area contributed by atoms with Gasteiger partial charge in [0.1, 0.15) is 0 Å². The van der Waals surface area contributed by atoms with Crippen LogP contribution in [0.4, 0.5) is 0 Å². The minimum absolute atomic E-state index is 0.700. The van der Waals surface area contributed by atoms with Gasteiger partial charge in [-0.15, -0.1) is 0 Å². The fourth-order valence-electron chi connectivity index (χ4n) is 3.96. The lowest BCUT2D eigenvalue weighted by Gasteiger charge is -2.25. The Bertz CT molecular complexity index is 375. The number of hydrogen-bond donors (Lipinski definition) is 0. The zero-order valence-corrected chi connectivity index (χ0v) is 14.7. The number of allylic oxidation sites excluding steroid dienone is 2. The van der Waals surface area contributed by atoms with Gasteiger partial charge in [0, 0.05) is 19.1 Å². The van der Waals surface area contributed by atoms with E-state index in [1.807, 2.05) is 0 Å². The fraction of sp³-hybridized carbons (Fsp3) is 0.800. The molecule has 0 spiro atoms. The molecule has 0 fully saturated rings. The minimum Gasteiger partial charge on any atom is -0.300 e. The largest absolute Gasteiger partial charge is 0.300 e. The Kier molecular flexibility index (Phi) is 6.54. The molecule has 1 nitrogen and oxygen atoms in total. The van der Waals surface area contributed by atoms with Crippen molar-refractivity contribution in [2.75, 3.05) is 13.1 Å². The molecule has 1 heteroatoms. The van der Waals surface area contributed by atoms with Crippen LogP contribution in [0.3, 0.4) is 0 Å². The van der Waals surface area contributed by atoms with E-state index in [1.165, 1.54) is 58.0 Å². The lowest BCUT2D eigenvalue weighted by atomic mass is 9.88. The van der Waals surface area contributed by atoms with Crippen LogP contribution in [0.2, 0.25) is 0 Å². The molecule has 1 unspecified atom stereocenters. The van der Waals surface area contributed by atoms with Crippen molar-refractivity contribution in [2.24, 2.45) is 11.8 Å². The molecule has 0 radical (unpaired) electrons. The summed E-state index contributed by atoms with van der Waals surface area (Å²) in [7, 11) is 0. The third kappa shape index (κ3) is 5.29. The van der Waals surface area contributed by atoms with Crippen molar-refractivity contribution in [2.45, 2.75) is 78.7 Å². The summed E-state index contributed by atoms with van der Waals surface area (Å²) in [5, 5.41) is 0. The molecule has 0 bridgehead atoms. The summed E-state index contributed by atoms with van der Waals surface area (Å²) in [5.74, 6) is 1.67. The smallest absolute Gasteiger partial charge is 0.00388 e. The summed E-state index contributed by atoms with van der Waals surface area (Å²) in [6.07, 6.45) is 14.4. The highest BCUT2D eigenvalue weighted by Crippen LogP contribution is 2.33. The van der Waals surface area contributed by atoms with Crippen LogP contribution in [0.25, 0.3) is 0 Å². The fourth-order valence-corrected chi connectivity index (χ4v) is 3.96. The normalized spacial score (nSPS) is 25.5. The molecule has 0 saturated carbocycles. The van der Waals surface area contributed by atoms with Crippen LogP contribution in [-0.4, -0.2) is 24.0 Å². The van der Waals surface area contributed by atoms with Crippen LogP contribution in [0.15, 0.2) is 23.3 Å². The molecule has 1 atom stereocenters. The average Bonchev–Trinajstić information content (AvgIpc) is 2.78. The Morgan fingerprint density at radius 2 is 1.81 bits per heavy atom. The van der Waals surface area contributed by atoms with Gasteiger partial charge in [0.15, 0.2) is 0 Å². The predicted molar refractivity (Wildman–Crippen MR) is 93.5 cm³/mol. The third-order valence-electron chi connectivity index (χ3n) is 5.20. The van der Waals surface area contributed by atoms with Gasteiger partial charge < -0.3 is 4.90 Å². The summed E-state index contributed by atoms with van der Waals surface area (Å²) in [5.41, 5.74) is 3.50. The van der Waals surface area contributed by atoms with E-state index in [-0.39, 0.29) is 0 Å². The van der Waals surface area contributed by atoms with E-state index >= 15 is 0 Å². The summed E-state index contributed by atoms with van der Waals surface area (Å²) in [6, 6.07) is 0.700. The molecule has 120 valence electrons. The van der Waals surface area contributed by atoms with Crippen LogP contribution in [-0.2, 0) is 0 Å². The summed E-state index contributed by atoms with van der Waals surface area (Å²) < 4.78 is 0. The summed E-state index contributed by atoms with van der Waals surface area (Å²) >= 11 is 0. The maximum atomic E-state index is 2.64. The highest BCUT2D eigenvalue weighted by Gasteiger charge is 2.20. The Labute approximate surface area is 132 Å². The first-order chi connectivity index (χ1) is 10.1. The second kappa shape index (κ2) is 8.17. The van der Waals surface area contributed by atoms with Crippen molar-refractivity contribution >= 4 is 0 Å². The van der Waals surface area contributed by atoms with E-state index in [9.17, 15) is 0 Å². The maximum Gasteiger partial charge on any atom is 0.00388 e. The monoisotopic (exact) mass is 289 g/mol. The maximum absolute atomic E-state index is 2.64. The first-order valence-electron chi connectivity index (χ1n) is 9.17. The molecule has 0 amide bonds. The van der Waals surface area contributed by atoms with Gasteiger partial charge in [-0.25, -0.2) is 0 Å². The van der Waals surface area contributed by atoms with Crippen LogP contribution in [0.5, 0.6) is 0 Å². The first kappa shape index (κ1) is 16.8. The molecule has 0 aromatic carbocycles. The summed E-state index contributed by atoms with van der Waals surface area (Å²) in [4.78, 5) is 2.64. The Hall–Kier alpha value is -0.560. The van der Waals surface area contributed by atoms with E-state index < -0.39 is 0 Å². The standard InChI is InChI=1S/C20H35N/c1-16(2)15-18-7-5-8-19(11-10-18)20-9-6-13-21(14-12-20)17(3)4/h7,9,16-17,19H,5-6,8,10-15H2,1-4H3. The molecular weight excluding hydrogens is 254 g/mol. The number of nitrogens with zero attached hydrogens (tertiary/aromatic N) is 1. The zero-order chi connectivity index (χ0) is 15.2. The van der Waals surface area contributed by atoms with Gasteiger partial charge in [-0.05, 0) is 70.6 Å². The Morgan fingerprint density at radius 3 is 2.52 bits per heavy atom. The van der Waals surface area contributed by atoms with E-state index in [1.54, 1.807) is 11.1 Å².